The van der Waals surface area contributed by atoms with Gasteiger partial charge < -0.3 is 10.1 Å². The molecule has 1 amide bonds. The second-order valence-electron chi connectivity index (χ2n) is 6.47. The van der Waals surface area contributed by atoms with Crippen molar-refractivity contribution in [2.75, 3.05) is 13.1 Å². The Hall–Kier alpha value is -1.45. The Morgan fingerprint density at radius 1 is 1.28 bits per heavy atom. The number of sulfonamides is 1. The molecule has 1 N–H and O–H groups in total. The predicted octanol–water partition coefficient (Wildman–Crippen LogP) is 1.36. The topological polar surface area (TPSA) is 92.8 Å². The van der Waals surface area contributed by atoms with Crippen molar-refractivity contribution in [2.45, 2.75) is 49.0 Å². The lowest BCUT2D eigenvalue weighted by molar-refractivity contribution is -0.159. The van der Waals surface area contributed by atoms with Gasteiger partial charge >= 0.3 is 5.97 Å². The quantitative estimate of drug-likeness (QED) is 0.745. The molecule has 3 rings (SSSR count). The highest BCUT2D eigenvalue weighted by molar-refractivity contribution is 7.91. The van der Waals surface area contributed by atoms with Crippen LogP contribution in [0.2, 0.25) is 0 Å². The first kappa shape index (κ1) is 18.3. The molecule has 1 aromatic rings. The number of esters is 1. The fraction of sp³-hybridized carbons (Fsp3) is 0.625. The van der Waals surface area contributed by atoms with Gasteiger partial charge in [-0.25, -0.2) is 8.42 Å². The number of hydrogen-bond acceptors (Lipinski definition) is 6. The molecule has 1 atom stereocenters. The maximum absolute atomic E-state index is 12.5. The minimum atomic E-state index is -3.48. The van der Waals surface area contributed by atoms with Crippen LogP contribution in [-0.4, -0.2) is 49.8 Å². The molecular formula is C16H22N2O5S2. The monoisotopic (exact) mass is 386 g/mol. The van der Waals surface area contributed by atoms with Crippen molar-refractivity contribution in [1.29, 1.82) is 0 Å². The van der Waals surface area contributed by atoms with Crippen molar-refractivity contribution in [1.82, 2.24) is 9.62 Å². The summed E-state index contributed by atoms with van der Waals surface area (Å²) in [4.78, 5) is 24.1. The first-order valence-corrected chi connectivity index (χ1v) is 10.7. The van der Waals surface area contributed by atoms with Crippen molar-refractivity contribution >= 4 is 33.2 Å². The number of rotatable bonds is 6. The molecule has 1 aliphatic carbocycles. The van der Waals surface area contributed by atoms with Crippen LogP contribution in [0.4, 0.5) is 0 Å². The Morgan fingerprint density at radius 2 is 1.96 bits per heavy atom. The number of carbonyl (C=O) groups excluding carboxylic acids is 2. The zero-order valence-corrected chi connectivity index (χ0v) is 15.6. The molecule has 1 unspecified atom stereocenters. The Bertz CT molecular complexity index is 720. The zero-order chi connectivity index (χ0) is 18.0. The van der Waals surface area contributed by atoms with Crippen molar-refractivity contribution in [2.24, 2.45) is 5.92 Å². The van der Waals surface area contributed by atoms with Crippen LogP contribution < -0.4 is 5.32 Å². The Labute approximate surface area is 151 Å². The zero-order valence-electron chi connectivity index (χ0n) is 14.0. The SMILES string of the molecule is CC(OC(=O)C1CCN(S(=O)(=O)c2cccs2)CC1)C(=O)NC1CC1. The van der Waals surface area contributed by atoms with Crippen LogP contribution in [0.3, 0.4) is 0 Å². The molecule has 1 saturated carbocycles. The first-order chi connectivity index (χ1) is 11.9. The normalized spacial score (nSPS) is 20.8. The fourth-order valence-electron chi connectivity index (χ4n) is 2.74. The predicted molar refractivity (Wildman–Crippen MR) is 92.5 cm³/mol. The summed E-state index contributed by atoms with van der Waals surface area (Å²) in [7, 11) is -3.48. The van der Waals surface area contributed by atoms with E-state index in [2.05, 4.69) is 5.32 Å². The number of nitrogens with one attached hydrogen (secondary N) is 1. The van der Waals surface area contributed by atoms with E-state index in [0.717, 1.165) is 12.8 Å². The number of carbonyl (C=O) groups is 2. The number of hydrogen-bond donors (Lipinski definition) is 1. The van der Waals surface area contributed by atoms with E-state index in [4.69, 9.17) is 4.74 Å². The standard InChI is InChI=1S/C16H22N2O5S2/c1-11(15(19)17-13-4-5-13)23-16(20)12-6-8-18(9-7-12)25(21,22)14-3-2-10-24-14/h2-3,10-13H,4-9H2,1H3,(H,17,19). The van der Waals surface area contributed by atoms with E-state index in [9.17, 15) is 18.0 Å². The van der Waals surface area contributed by atoms with Gasteiger partial charge in [0.2, 0.25) is 0 Å². The fourth-order valence-corrected chi connectivity index (χ4v) is 5.35. The lowest BCUT2D eigenvalue weighted by atomic mass is 9.98. The minimum absolute atomic E-state index is 0.222. The molecule has 25 heavy (non-hydrogen) atoms. The maximum atomic E-state index is 12.5. The molecule has 1 aliphatic heterocycles. The van der Waals surface area contributed by atoms with Crippen molar-refractivity contribution in [3.8, 4) is 0 Å². The molecule has 0 bridgehead atoms. The molecule has 2 aliphatic rings. The molecule has 9 heteroatoms. The third-order valence-electron chi connectivity index (χ3n) is 4.46. The van der Waals surface area contributed by atoms with Gasteiger partial charge in [0.25, 0.3) is 15.9 Å². The van der Waals surface area contributed by atoms with E-state index in [-0.39, 0.29) is 31.0 Å². The van der Waals surface area contributed by atoms with E-state index in [1.807, 2.05) is 0 Å². The third-order valence-corrected chi connectivity index (χ3v) is 7.73. The molecular weight excluding hydrogens is 364 g/mol. The maximum Gasteiger partial charge on any atom is 0.309 e. The molecule has 138 valence electrons. The molecule has 0 aromatic carbocycles. The number of ether oxygens (including phenoxy) is 1. The largest absolute Gasteiger partial charge is 0.452 e. The minimum Gasteiger partial charge on any atom is -0.452 e. The first-order valence-electron chi connectivity index (χ1n) is 8.42. The Balaban J connectivity index is 1.49. The van der Waals surface area contributed by atoms with E-state index in [0.29, 0.717) is 17.1 Å². The Morgan fingerprint density at radius 3 is 2.52 bits per heavy atom. The smallest absolute Gasteiger partial charge is 0.309 e. The molecule has 7 nitrogen and oxygen atoms in total. The number of thiophene rings is 1. The van der Waals surface area contributed by atoms with E-state index >= 15 is 0 Å². The summed E-state index contributed by atoms with van der Waals surface area (Å²) in [6.45, 7) is 2.12. The summed E-state index contributed by atoms with van der Waals surface area (Å²) in [5.74, 6) is -1.06. The summed E-state index contributed by atoms with van der Waals surface area (Å²) < 4.78 is 31.9. The van der Waals surface area contributed by atoms with Gasteiger partial charge in [-0.2, -0.15) is 4.31 Å². The van der Waals surface area contributed by atoms with E-state index in [1.54, 1.807) is 24.4 Å². The molecule has 1 saturated heterocycles. The van der Waals surface area contributed by atoms with Crippen molar-refractivity contribution < 1.29 is 22.7 Å². The molecule has 1 aromatic heterocycles. The van der Waals surface area contributed by atoms with Gasteiger partial charge in [-0.05, 0) is 44.1 Å². The average molecular weight is 386 g/mol. The van der Waals surface area contributed by atoms with E-state index < -0.39 is 22.1 Å². The lowest BCUT2D eigenvalue weighted by Crippen LogP contribution is -2.42. The highest BCUT2D eigenvalue weighted by Crippen LogP contribution is 2.27. The summed E-state index contributed by atoms with van der Waals surface area (Å²) in [6.07, 6.45) is 1.94. The van der Waals surface area contributed by atoms with Gasteiger partial charge in [0, 0.05) is 19.1 Å². The number of piperidine rings is 1. The van der Waals surface area contributed by atoms with Crippen molar-refractivity contribution in [3.63, 3.8) is 0 Å². The van der Waals surface area contributed by atoms with Gasteiger partial charge in [0.1, 0.15) is 4.21 Å². The Kier molecular flexibility index (Phi) is 5.45. The van der Waals surface area contributed by atoms with Crippen LogP contribution >= 0.6 is 11.3 Å². The van der Waals surface area contributed by atoms with Gasteiger partial charge in [-0.15, -0.1) is 11.3 Å². The number of amides is 1. The molecule has 2 heterocycles. The molecule has 0 radical (unpaired) electrons. The molecule has 0 spiro atoms. The third kappa shape index (κ3) is 4.39. The van der Waals surface area contributed by atoms with E-state index in [1.165, 1.54) is 15.6 Å². The summed E-state index contributed by atoms with van der Waals surface area (Å²) in [5, 5.41) is 4.53. The molecule has 2 fully saturated rings. The summed E-state index contributed by atoms with van der Waals surface area (Å²) in [6, 6.07) is 3.51. The summed E-state index contributed by atoms with van der Waals surface area (Å²) in [5.41, 5.74) is 0. The van der Waals surface area contributed by atoms with Gasteiger partial charge in [0.05, 0.1) is 5.92 Å². The van der Waals surface area contributed by atoms with Gasteiger partial charge in [-0.1, -0.05) is 6.07 Å². The lowest BCUT2D eigenvalue weighted by Gasteiger charge is -2.30. The van der Waals surface area contributed by atoms with Crippen LogP contribution in [0.15, 0.2) is 21.7 Å². The van der Waals surface area contributed by atoms with Crippen LogP contribution in [0.5, 0.6) is 0 Å². The average Bonchev–Trinajstić information content (AvgIpc) is 3.23. The second-order valence-corrected chi connectivity index (χ2v) is 9.58. The van der Waals surface area contributed by atoms with Crippen LogP contribution in [0, 0.1) is 5.92 Å². The van der Waals surface area contributed by atoms with Crippen LogP contribution in [-0.2, 0) is 24.3 Å². The summed E-state index contributed by atoms with van der Waals surface area (Å²) >= 11 is 1.19. The highest BCUT2D eigenvalue weighted by atomic mass is 32.2. The second kappa shape index (κ2) is 7.43. The van der Waals surface area contributed by atoms with Gasteiger partial charge in [0.15, 0.2) is 6.10 Å². The van der Waals surface area contributed by atoms with Crippen LogP contribution in [0.25, 0.3) is 0 Å². The van der Waals surface area contributed by atoms with Crippen LogP contribution in [0.1, 0.15) is 32.6 Å². The van der Waals surface area contributed by atoms with Gasteiger partial charge in [-0.3, -0.25) is 9.59 Å². The highest BCUT2D eigenvalue weighted by Gasteiger charge is 2.34. The number of nitrogens with zero attached hydrogens (tertiary/aromatic N) is 1. The van der Waals surface area contributed by atoms with Crippen molar-refractivity contribution in [3.05, 3.63) is 17.5 Å².